The molecule has 0 radical (unpaired) electrons. The number of nitrogen functional groups attached to an aromatic ring is 1. The van der Waals surface area contributed by atoms with Gasteiger partial charge in [-0.25, -0.2) is 9.07 Å². The van der Waals surface area contributed by atoms with Crippen molar-refractivity contribution in [3.63, 3.8) is 0 Å². The van der Waals surface area contributed by atoms with Crippen molar-refractivity contribution in [2.45, 2.75) is 19.8 Å². The number of nitrogens with two attached hydrogens (primary N) is 1. The summed E-state index contributed by atoms with van der Waals surface area (Å²) in [5.41, 5.74) is 7.33. The van der Waals surface area contributed by atoms with E-state index in [1.807, 2.05) is 13.8 Å². The van der Waals surface area contributed by atoms with Crippen LogP contribution < -0.4 is 10.5 Å². The average molecular weight is 328 g/mol. The molecule has 19 heavy (non-hydrogen) atoms. The molecular weight excluding hydrogens is 313 g/mol. The molecule has 0 aliphatic carbocycles. The molecule has 2 rings (SSSR count). The molecule has 0 aliphatic rings. The monoisotopic (exact) mass is 327 g/mol. The minimum absolute atomic E-state index is 0.212. The lowest BCUT2D eigenvalue weighted by atomic mass is 10.1. The standard InChI is InChI=1S/C13H15BrFN3O/c1-7(2)12-11(16)13(18(3)17-12)19-8-4-5-10(15)9(14)6-8/h4-7H,16H2,1-3H3. The van der Waals surface area contributed by atoms with Gasteiger partial charge in [0.2, 0.25) is 5.88 Å². The molecule has 0 bridgehead atoms. The van der Waals surface area contributed by atoms with E-state index < -0.39 is 0 Å². The maximum Gasteiger partial charge on any atom is 0.241 e. The molecule has 0 spiro atoms. The predicted molar refractivity (Wildman–Crippen MR) is 75.9 cm³/mol. The third kappa shape index (κ3) is 2.73. The van der Waals surface area contributed by atoms with Crippen LogP contribution in [0.25, 0.3) is 0 Å². The number of aromatic nitrogens is 2. The maximum atomic E-state index is 13.2. The molecule has 1 aromatic carbocycles. The molecule has 1 heterocycles. The Morgan fingerprint density at radius 1 is 1.42 bits per heavy atom. The third-order valence-corrected chi connectivity index (χ3v) is 3.32. The Morgan fingerprint density at radius 2 is 2.11 bits per heavy atom. The summed E-state index contributed by atoms with van der Waals surface area (Å²) < 4.78 is 20.8. The Hall–Kier alpha value is -1.56. The van der Waals surface area contributed by atoms with E-state index in [-0.39, 0.29) is 11.7 Å². The van der Waals surface area contributed by atoms with Crippen molar-refractivity contribution in [2.75, 3.05) is 5.73 Å². The summed E-state index contributed by atoms with van der Waals surface area (Å²) in [4.78, 5) is 0. The Bertz CT molecular complexity index is 610. The summed E-state index contributed by atoms with van der Waals surface area (Å²) >= 11 is 3.12. The van der Waals surface area contributed by atoms with Crippen LogP contribution in [0, 0.1) is 5.82 Å². The fourth-order valence-electron chi connectivity index (χ4n) is 1.74. The molecule has 102 valence electrons. The summed E-state index contributed by atoms with van der Waals surface area (Å²) in [6.45, 7) is 4.02. The van der Waals surface area contributed by atoms with Crippen LogP contribution in [0.1, 0.15) is 25.5 Å². The van der Waals surface area contributed by atoms with Gasteiger partial charge in [0.1, 0.15) is 17.3 Å². The number of anilines is 1. The highest BCUT2D eigenvalue weighted by Crippen LogP contribution is 2.34. The second kappa shape index (κ2) is 5.21. The lowest BCUT2D eigenvalue weighted by Crippen LogP contribution is -1.97. The van der Waals surface area contributed by atoms with Gasteiger partial charge in [0, 0.05) is 7.05 Å². The van der Waals surface area contributed by atoms with Crippen molar-refractivity contribution in [1.82, 2.24) is 9.78 Å². The molecule has 2 N–H and O–H groups in total. The summed E-state index contributed by atoms with van der Waals surface area (Å²) in [5, 5.41) is 4.33. The van der Waals surface area contributed by atoms with Crippen LogP contribution in [-0.2, 0) is 7.05 Å². The van der Waals surface area contributed by atoms with Gasteiger partial charge in [0.15, 0.2) is 0 Å². The smallest absolute Gasteiger partial charge is 0.241 e. The first-order valence-electron chi connectivity index (χ1n) is 5.85. The first kappa shape index (κ1) is 13.9. The van der Waals surface area contributed by atoms with Crippen LogP contribution in [0.2, 0.25) is 0 Å². The quantitative estimate of drug-likeness (QED) is 0.932. The summed E-state index contributed by atoms with van der Waals surface area (Å²) in [5.74, 6) is 0.831. The Balaban J connectivity index is 2.35. The van der Waals surface area contributed by atoms with E-state index in [2.05, 4.69) is 21.0 Å². The largest absolute Gasteiger partial charge is 0.437 e. The highest BCUT2D eigenvalue weighted by molar-refractivity contribution is 9.10. The van der Waals surface area contributed by atoms with Crippen molar-refractivity contribution in [3.05, 3.63) is 34.2 Å². The van der Waals surface area contributed by atoms with Gasteiger partial charge < -0.3 is 10.5 Å². The molecule has 0 fully saturated rings. The van der Waals surface area contributed by atoms with Crippen molar-refractivity contribution < 1.29 is 9.13 Å². The molecule has 0 saturated heterocycles. The lowest BCUT2D eigenvalue weighted by molar-refractivity contribution is 0.431. The summed E-state index contributed by atoms with van der Waals surface area (Å²) in [6.07, 6.45) is 0. The van der Waals surface area contributed by atoms with E-state index >= 15 is 0 Å². The fourth-order valence-corrected chi connectivity index (χ4v) is 2.10. The van der Waals surface area contributed by atoms with Crippen LogP contribution in [0.15, 0.2) is 22.7 Å². The maximum absolute atomic E-state index is 13.2. The average Bonchev–Trinajstić information content (AvgIpc) is 2.62. The molecule has 6 heteroatoms. The SMILES string of the molecule is CC(C)c1nn(C)c(Oc2ccc(F)c(Br)c2)c1N. The van der Waals surface area contributed by atoms with Gasteiger partial charge in [0.05, 0.1) is 10.2 Å². The molecule has 0 saturated carbocycles. The highest BCUT2D eigenvalue weighted by Gasteiger charge is 2.18. The minimum atomic E-state index is -0.340. The Kier molecular flexibility index (Phi) is 3.80. The van der Waals surface area contributed by atoms with Crippen LogP contribution >= 0.6 is 15.9 Å². The molecule has 0 aliphatic heterocycles. The molecule has 0 atom stereocenters. The van der Waals surface area contributed by atoms with E-state index in [1.54, 1.807) is 23.9 Å². The van der Waals surface area contributed by atoms with Crippen molar-refractivity contribution in [3.8, 4) is 11.6 Å². The fraction of sp³-hybridized carbons (Fsp3) is 0.308. The first-order chi connectivity index (χ1) is 8.90. The zero-order valence-electron chi connectivity index (χ0n) is 10.9. The topological polar surface area (TPSA) is 53.1 Å². The normalized spacial score (nSPS) is 11.1. The molecule has 0 unspecified atom stereocenters. The molecule has 2 aromatic rings. The van der Waals surface area contributed by atoms with Crippen molar-refractivity contribution in [2.24, 2.45) is 7.05 Å². The lowest BCUT2D eigenvalue weighted by Gasteiger charge is -2.07. The summed E-state index contributed by atoms with van der Waals surface area (Å²) in [6, 6.07) is 4.42. The zero-order valence-corrected chi connectivity index (χ0v) is 12.5. The van der Waals surface area contributed by atoms with E-state index in [9.17, 15) is 4.39 Å². The highest BCUT2D eigenvalue weighted by atomic mass is 79.9. The van der Waals surface area contributed by atoms with Crippen molar-refractivity contribution >= 4 is 21.6 Å². The van der Waals surface area contributed by atoms with Gasteiger partial charge in [-0.2, -0.15) is 5.10 Å². The number of benzene rings is 1. The van der Waals surface area contributed by atoms with Gasteiger partial charge in [-0.05, 0) is 40.0 Å². The zero-order chi connectivity index (χ0) is 14.2. The molecule has 1 aromatic heterocycles. The van der Waals surface area contributed by atoms with Gasteiger partial charge >= 0.3 is 0 Å². The van der Waals surface area contributed by atoms with Gasteiger partial charge in [-0.3, -0.25) is 0 Å². The van der Waals surface area contributed by atoms with E-state index in [4.69, 9.17) is 10.5 Å². The second-order valence-electron chi connectivity index (χ2n) is 4.56. The van der Waals surface area contributed by atoms with Crippen LogP contribution in [-0.4, -0.2) is 9.78 Å². The number of halogens is 2. The van der Waals surface area contributed by atoms with Crippen LogP contribution in [0.4, 0.5) is 10.1 Å². The number of nitrogens with zero attached hydrogens (tertiary/aromatic N) is 2. The number of hydrogen-bond donors (Lipinski definition) is 1. The third-order valence-electron chi connectivity index (χ3n) is 2.71. The molecule has 4 nitrogen and oxygen atoms in total. The first-order valence-corrected chi connectivity index (χ1v) is 6.64. The predicted octanol–water partition coefficient (Wildman–Crippen LogP) is 3.82. The van der Waals surface area contributed by atoms with E-state index in [0.717, 1.165) is 5.69 Å². The van der Waals surface area contributed by atoms with Crippen LogP contribution in [0.3, 0.4) is 0 Å². The molecular formula is C13H15BrFN3O. The number of hydrogen-bond acceptors (Lipinski definition) is 3. The minimum Gasteiger partial charge on any atom is -0.437 e. The van der Waals surface area contributed by atoms with Crippen molar-refractivity contribution in [1.29, 1.82) is 0 Å². The van der Waals surface area contributed by atoms with Crippen LogP contribution in [0.5, 0.6) is 11.6 Å². The summed E-state index contributed by atoms with van der Waals surface area (Å²) in [7, 11) is 1.76. The van der Waals surface area contributed by atoms with E-state index in [0.29, 0.717) is 21.8 Å². The second-order valence-corrected chi connectivity index (χ2v) is 5.41. The van der Waals surface area contributed by atoms with Gasteiger partial charge in [-0.1, -0.05) is 13.8 Å². The molecule has 0 amide bonds. The van der Waals surface area contributed by atoms with Gasteiger partial charge in [0.25, 0.3) is 0 Å². The number of aryl methyl sites for hydroxylation is 1. The van der Waals surface area contributed by atoms with Gasteiger partial charge in [-0.15, -0.1) is 0 Å². The Morgan fingerprint density at radius 3 is 2.63 bits per heavy atom. The van der Waals surface area contributed by atoms with E-state index in [1.165, 1.54) is 6.07 Å². The number of ether oxygens (including phenoxy) is 1. The number of rotatable bonds is 3. The Labute approximate surface area is 119 Å².